The summed E-state index contributed by atoms with van der Waals surface area (Å²) in [5.74, 6) is 0.753. The van der Waals surface area contributed by atoms with Crippen LogP contribution in [0.15, 0.2) is 46.6 Å². The Morgan fingerprint density at radius 3 is 3.11 bits per heavy atom. The van der Waals surface area contributed by atoms with Crippen molar-refractivity contribution in [1.29, 1.82) is 0 Å². The Bertz CT molecular complexity index is 910. The molecule has 1 aliphatic carbocycles. The Balaban J connectivity index is 1.35. The second kappa shape index (κ2) is 7.91. The van der Waals surface area contributed by atoms with E-state index in [1.165, 1.54) is 29.2 Å². The molecule has 1 atom stereocenters. The predicted octanol–water partition coefficient (Wildman–Crippen LogP) is 2.34. The Labute approximate surface area is 161 Å². The Kier molecular flexibility index (Phi) is 5.19. The standard InChI is InChI=1S/C18H20N6O2S/c1-23(15-8-4-6-13-5-2-3-7-14(13)15)17(25)10-27-18-22-21-16(26-18)9-24-12-19-11-20-24/h2-3,5,7,11-12,15H,4,6,8-10H2,1H3. The second-order valence-electron chi connectivity index (χ2n) is 6.45. The van der Waals surface area contributed by atoms with Crippen LogP contribution in [0.5, 0.6) is 0 Å². The zero-order valence-corrected chi connectivity index (χ0v) is 15.8. The molecule has 0 saturated heterocycles. The van der Waals surface area contributed by atoms with Crippen molar-refractivity contribution in [2.24, 2.45) is 0 Å². The first kappa shape index (κ1) is 17.7. The van der Waals surface area contributed by atoms with Gasteiger partial charge in [-0.15, -0.1) is 10.2 Å². The number of thioether (sulfide) groups is 1. The highest BCUT2D eigenvalue weighted by atomic mass is 32.2. The minimum atomic E-state index is 0.0535. The van der Waals surface area contributed by atoms with Gasteiger partial charge < -0.3 is 9.32 Å². The van der Waals surface area contributed by atoms with E-state index in [4.69, 9.17) is 4.42 Å². The maximum Gasteiger partial charge on any atom is 0.277 e. The predicted molar refractivity (Wildman–Crippen MR) is 99.0 cm³/mol. The monoisotopic (exact) mass is 384 g/mol. The number of aromatic nitrogens is 5. The molecule has 9 heteroatoms. The highest BCUT2D eigenvalue weighted by molar-refractivity contribution is 7.99. The number of benzene rings is 1. The van der Waals surface area contributed by atoms with E-state index in [1.54, 1.807) is 11.0 Å². The van der Waals surface area contributed by atoms with Crippen molar-refractivity contribution >= 4 is 17.7 Å². The van der Waals surface area contributed by atoms with Crippen LogP contribution in [0.4, 0.5) is 0 Å². The van der Waals surface area contributed by atoms with Crippen molar-refractivity contribution in [3.63, 3.8) is 0 Å². The minimum absolute atomic E-state index is 0.0535. The molecule has 1 amide bonds. The first-order chi connectivity index (χ1) is 13.2. The average Bonchev–Trinajstić information content (AvgIpc) is 3.37. The Morgan fingerprint density at radius 2 is 2.26 bits per heavy atom. The van der Waals surface area contributed by atoms with Crippen LogP contribution >= 0.6 is 11.8 Å². The minimum Gasteiger partial charge on any atom is -0.414 e. The molecule has 140 valence electrons. The lowest BCUT2D eigenvalue weighted by Crippen LogP contribution is -2.34. The molecule has 3 aromatic rings. The van der Waals surface area contributed by atoms with E-state index in [0.717, 1.165) is 19.3 Å². The summed E-state index contributed by atoms with van der Waals surface area (Å²) in [5, 5.41) is 12.4. The largest absolute Gasteiger partial charge is 0.414 e. The summed E-state index contributed by atoms with van der Waals surface area (Å²) in [6.45, 7) is 0.361. The summed E-state index contributed by atoms with van der Waals surface area (Å²) in [6, 6.07) is 8.52. The molecular formula is C18H20N6O2S. The van der Waals surface area contributed by atoms with Crippen LogP contribution in [0, 0.1) is 0 Å². The lowest BCUT2D eigenvalue weighted by Gasteiger charge is -2.33. The zero-order chi connectivity index (χ0) is 18.6. The number of carbonyl (C=O) groups is 1. The number of carbonyl (C=O) groups excluding carboxylic acids is 1. The maximum atomic E-state index is 12.7. The van der Waals surface area contributed by atoms with E-state index in [9.17, 15) is 4.79 Å². The van der Waals surface area contributed by atoms with Gasteiger partial charge in [0.1, 0.15) is 19.2 Å². The summed E-state index contributed by atoms with van der Waals surface area (Å²) < 4.78 is 7.17. The molecule has 2 heterocycles. The van der Waals surface area contributed by atoms with Crippen molar-refractivity contribution < 1.29 is 9.21 Å². The lowest BCUT2D eigenvalue weighted by atomic mass is 9.87. The van der Waals surface area contributed by atoms with Gasteiger partial charge in [0.2, 0.25) is 11.8 Å². The topological polar surface area (TPSA) is 89.9 Å². The van der Waals surface area contributed by atoms with E-state index < -0.39 is 0 Å². The summed E-state index contributed by atoms with van der Waals surface area (Å²) in [5.41, 5.74) is 2.60. The van der Waals surface area contributed by atoms with Crippen LogP contribution < -0.4 is 0 Å². The number of rotatable bonds is 6. The second-order valence-corrected chi connectivity index (χ2v) is 7.38. The van der Waals surface area contributed by atoms with E-state index >= 15 is 0 Å². The number of aryl methyl sites for hydroxylation is 1. The molecule has 0 saturated carbocycles. The number of amides is 1. The van der Waals surface area contributed by atoms with Gasteiger partial charge in [0.05, 0.1) is 11.8 Å². The van der Waals surface area contributed by atoms with Gasteiger partial charge >= 0.3 is 0 Å². The van der Waals surface area contributed by atoms with Crippen molar-refractivity contribution in [3.05, 3.63) is 53.9 Å². The van der Waals surface area contributed by atoms with Crippen LogP contribution in [0.25, 0.3) is 0 Å². The van der Waals surface area contributed by atoms with E-state index in [1.807, 2.05) is 18.0 Å². The van der Waals surface area contributed by atoms with Crippen LogP contribution in [0.3, 0.4) is 0 Å². The molecule has 0 spiro atoms. The highest BCUT2D eigenvalue weighted by Gasteiger charge is 2.26. The molecule has 0 N–H and O–H groups in total. The van der Waals surface area contributed by atoms with Gasteiger partial charge in [-0.3, -0.25) is 4.79 Å². The zero-order valence-electron chi connectivity index (χ0n) is 15.0. The van der Waals surface area contributed by atoms with Crippen molar-refractivity contribution in [1.82, 2.24) is 29.9 Å². The summed E-state index contributed by atoms with van der Waals surface area (Å²) in [4.78, 5) is 18.4. The van der Waals surface area contributed by atoms with Crippen LogP contribution in [0.2, 0.25) is 0 Å². The number of nitrogens with zero attached hydrogens (tertiary/aromatic N) is 6. The average molecular weight is 384 g/mol. The Hall–Kier alpha value is -2.68. The summed E-state index contributed by atoms with van der Waals surface area (Å²) >= 11 is 1.26. The number of hydrogen-bond donors (Lipinski definition) is 0. The van der Waals surface area contributed by atoms with E-state index in [0.29, 0.717) is 17.7 Å². The third-order valence-electron chi connectivity index (χ3n) is 4.73. The van der Waals surface area contributed by atoms with Gasteiger partial charge in [0.15, 0.2) is 0 Å². The van der Waals surface area contributed by atoms with Gasteiger partial charge in [-0.25, -0.2) is 9.67 Å². The molecule has 4 rings (SSSR count). The molecular weight excluding hydrogens is 364 g/mol. The summed E-state index contributed by atoms with van der Waals surface area (Å²) in [7, 11) is 1.87. The molecule has 0 aliphatic heterocycles. The fraction of sp³-hybridized carbons (Fsp3) is 0.389. The summed E-state index contributed by atoms with van der Waals surface area (Å²) in [6.07, 6.45) is 6.20. The molecule has 8 nitrogen and oxygen atoms in total. The highest BCUT2D eigenvalue weighted by Crippen LogP contribution is 2.33. The SMILES string of the molecule is CN(C(=O)CSc1nnc(Cn2cncn2)o1)C1CCCc2ccccc21. The molecule has 0 bridgehead atoms. The van der Waals surface area contributed by atoms with Crippen LogP contribution in [-0.4, -0.2) is 48.6 Å². The smallest absolute Gasteiger partial charge is 0.277 e. The van der Waals surface area contributed by atoms with Gasteiger partial charge in [-0.05, 0) is 30.4 Å². The lowest BCUT2D eigenvalue weighted by molar-refractivity contribution is -0.129. The molecule has 1 aliphatic rings. The molecule has 2 aromatic heterocycles. The first-order valence-electron chi connectivity index (χ1n) is 8.82. The van der Waals surface area contributed by atoms with Crippen molar-refractivity contribution in [2.75, 3.05) is 12.8 Å². The number of fused-ring (bicyclic) bond motifs is 1. The van der Waals surface area contributed by atoms with Crippen molar-refractivity contribution in [2.45, 2.75) is 37.1 Å². The van der Waals surface area contributed by atoms with Gasteiger partial charge in [0.25, 0.3) is 5.22 Å². The van der Waals surface area contributed by atoms with Gasteiger partial charge in [-0.1, -0.05) is 36.0 Å². The van der Waals surface area contributed by atoms with E-state index in [2.05, 4.69) is 38.5 Å². The molecule has 0 radical (unpaired) electrons. The van der Waals surface area contributed by atoms with E-state index in [-0.39, 0.29) is 17.7 Å². The first-order valence-corrected chi connectivity index (χ1v) is 9.80. The van der Waals surface area contributed by atoms with Crippen molar-refractivity contribution in [3.8, 4) is 0 Å². The molecule has 1 unspecified atom stereocenters. The fourth-order valence-corrected chi connectivity index (χ4v) is 4.05. The van der Waals surface area contributed by atoms with Gasteiger partial charge in [-0.2, -0.15) is 5.10 Å². The third-order valence-corrected chi connectivity index (χ3v) is 5.53. The third kappa shape index (κ3) is 4.02. The van der Waals surface area contributed by atoms with Crippen LogP contribution in [0.1, 0.15) is 35.9 Å². The Morgan fingerprint density at radius 1 is 1.37 bits per heavy atom. The van der Waals surface area contributed by atoms with Gasteiger partial charge in [0, 0.05) is 7.05 Å². The molecule has 1 aromatic carbocycles. The quantitative estimate of drug-likeness (QED) is 0.603. The fourth-order valence-electron chi connectivity index (χ4n) is 3.34. The normalized spacial score (nSPS) is 16.1. The molecule has 0 fully saturated rings. The number of hydrogen-bond acceptors (Lipinski definition) is 7. The van der Waals surface area contributed by atoms with Crippen LogP contribution in [-0.2, 0) is 17.8 Å². The molecule has 27 heavy (non-hydrogen) atoms. The maximum absolute atomic E-state index is 12.7.